The molecule has 0 unspecified atom stereocenters. The molecule has 0 spiro atoms. The van der Waals surface area contributed by atoms with Gasteiger partial charge in [-0.1, -0.05) is 57.0 Å². The molecular weight excluding hydrogens is 242 g/mol. The summed E-state index contributed by atoms with van der Waals surface area (Å²) in [4.78, 5) is 2.63. The maximum atomic E-state index is 2.63. The van der Waals surface area contributed by atoms with Gasteiger partial charge in [0, 0.05) is 6.04 Å². The van der Waals surface area contributed by atoms with Crippen molar-refractivity contribution in [1.82, 2.24) is 4.90 Å². The van der Waals surface area contributed by atoms with E-state index in [-0.39, 0.29) is 12.4 Å². The highest BCUT2D eigenvalue weighted by Crippen LogP contribution is 2.20. The molecule has 0 aliphatic carbocycles. The summed E-state index contributed by atoms with van der Waals surface area (Å²) in [6.07, 6.45) is 5.18. The molecule has 0 saturated heterocycles. The summed E-state index contributed by atoms with van der Waals surface area (Å²) in [6, 6.07) is 11.4. The number of rotatable bonds is 8. The van der Waals surface area contributed by atoms with Crippen molar-refractivity contribution in [1.29, 1.82) is 0 Å². The van der Waals surface area contributed by atoms with E-state index in [4.69, 9.17) is 0 Å². The van der Waals surface area contributed by atoms with E-state index in [1.165, 1.54) is 44.3 Å². The monoisotopic (exact) mass is 269 g/mol. The van der Waals surface area contributed by atoms with Gasteiger partial charge >= 0.3 is 0 Å². The van der Waals surface area contributed by atoms with Crippen molar-refractivity contribution < 1.29 is 0 Å². The predicted molar refractivity (Wildman–Crippen MR) is 83.5 cm³/mol. The number of nitrogens with zero attached hydrogens (tertiary/aromatic N) is 1. The lowest BCUT2D eigenvalue weighted by atomic mass is 10.1. The van der Waals surface area contributed by atoms with Crippen molar-refractivity contribution in [3.05, 3.63) is 35.9 Å². The number of hydrogen-bond donors (Lipinski definition) is 0. The minimum atomic E-state index is 0. The van der Waals surface area contributed by atoms with Gasteiger partial charge in [0.1, 0.15) is 0 Å². The highest BCUT2D eigenvalue weighted by Gasteiger charge is 2.13. The van der Waals surface area contributed by atoms with Crippen LogP contribution in [0.4, 0.5) is 0 Å². The van der Waals surface area contributed by atoms with Crippen LogP contribution in [0.2, 0.25) is 0 Å². The summed E-state index contributed by atoms with van der Waals surface area (Å²) in [6.45, 7) is 9.33. The van der Waals surface area contributed by atoms with Crippen LogP contribution in [0.1, 0.15) is 58.1 Å². The molecule has 18 heavy (non-hydrogen) atoms. The Labute approximate surface area is 119 Å². The minimum absolute atomic E-state index is 0. The van der Waals surface area contributed by atoms with Gasteiger partial charge in [0.25, 0.3) is 0 Å². The molecule has 1 aromatic rings. The summed E-state index contributed by atoms with van der Waals surface area (Å²) in [5.41, 5.74) is 1.44. The molecule has 0 amide bonds. The van der Waals surface area contributed by atoms with E-state index in [2.05, 4.69) is 56.0 Å². The van der Waals surface area contributed by atoms with E-state index in [1.807, 2.05) is 0 Å². The van der Waals surface area contributed by atoms with Gasteiger partial charge < -0.3 is 0 Å². The third-order valence-corrected chi connectivity index (χ3v) is 3.43. The molecule has 1 rings (SSSR count). The fourth-order valence-electron chi connectivity index (χ4n) is 2.16. The molecule has 1 nitrogen and oxygen atoms in total. The van der Waals surface area contributed by atoms with Gasteiger partial charge in [-0.25, -0.2) is 0 Å². The number of halogens is 1. The minimum Gasteiger partial charge on any atom is -0.297 e. The summed E-state index contributed by atoms with van der Waals surface area (Å²) in [7, 11) is 0. The molecule has 0 fully saturated rings. The first kappa shape index (κ1) is 17.5. The molecule has 0 aliphatic heterocycles. The molecule has 0 radical (unpaired) electrons. The van der Waals surface area contributed by atoms with Crippen LogP contribution in [-0.4, -0.2) is 18.0 Å². The zero-order valence-corrected chi connectivity index (χ0v) is 12.9. The lowest BCUT2D eigenvalue weighted by Crippen LogP contribution is -2.29. The molecule has 104 valence electrons. The van der Waals surface area contributed by atoms with E-state index >= 15 is 0 Å². The number of unbranched alkanes of at least 4 members (excludes halogenated alkanes) is 2. The molecule has 0 bridgehead atoms. The van der Waals surface area contributed by atoms with Crippen molar-refractivity contribution in [2.45, 2.75) is 52.5 Å². The average molecular weight is 270 g/mol. The third-order valence-electron chi connectivity index (χ3n) is 3.43. The van der Waals surface area contributed by atoms with Crippen LogP contribution in [0.15, 0.2) is 30.3 Å². The van der Waals surface area contributed by atoms with E-state index in [1.54, 1.807) is 0 Å². The fourth-order valence-corrected chi connectivity index (χ4v) is 2.16. The lowest BCUT2D eigenvalue weighted by molar-refractivity contribution is 0.204. The zero-order valence-electron chi connectivity index (χ0n) is 12.1. The van der Waals surface area contributed by atoms with Gasteiger partial charge in [-0.3, -0.25) is 4.90 Å². The van der Waals surface area contributed by atoms with Crippen LogP contribution in [0.25, 0.3) is 0 Å². The highest BCUT2D eigenvalue weighted by molar-refractivity contribution is 5.85. The van der Waals surface area contributed by atoms with Crippen LogP contribution < -0.4 is 0 Å². The Bertz CT molecular complexity index is 278. The van der Waals surface area contributed by atoms with E-state index in [9.17, 15) is 0 Å². The third kappa shape index (κ3) is 5.88. The van der Waals surface area contributed by atoms with Crippen LogP contribution in [0, 0.1) is 0 Å². The first-order valence-electron chi connectivity index (χ1n) is 7.08. The summed E-state index contributed by atoms with van der Waals surface area (Å²) in [5.74, 6) is 0. The van der Waals surface area contributed by atoms with Gasteiger partial charge in [0.2, 0.25) is 0 Å². The Kier molecular flexibility index (Phi) is 10.1. The molecule has 0 aliphatic rings. The van der Waals surface area contributed by atoms with Gasteiger partial charge in [-0.05, 0) is 38.4 Å². The summed E-state index contributed by atoms with van der Waals surface area (Å²) < 4.78 is 0. The Morgan fingerprint density at radius 1 is 0.944 bits per heavy atom. The summed E-state index contributed by atoms with van der Waals surface area (Å²) in [5, 5.41) is 0. The quantitative estimate of drug-likeness (QED) is 0.637. The number of hydrogen-bond acceptors (Lipinski definition) is 1. The topological polar surface area (TPSA) is 3.24 Å². The molecule has 0 heterocycles. The lowest BCUT2D eigenvalue weighted by Gasteiger charge is -2.29. The molecule has 0 N–H and O–H groups in total. The van der Waals surface area contributed by atoms with Crippen LogP contribution in [0.3, 0.4) is 0 Å². The molecule has 1 aromatic carbocycles. The van der Waals surface area contributed by atoms with Gasteiger partial charge in [0.15, 0.2) is 0 Å². The van der Waals surface area contributed by atoms with E-state index < -0.39 is 0 Å². The van der Waals surface area contributed by atoms with E-state index in [0.717, 1.165) is 0 Å². The van der Waals surface area contributed by atoms with Crippen molar-refractivity contribution in [3.63, 3.8) is 0 Å². The normalized spacial score (nSPS) is 12.2. The van der Waals surface area contributed by atoms with Crippen molar-refractivity contribution >= 4 is 12.4 Å². The first-order valence-corrected chi connectivity index (χ1v) is 7.08. The van der Waals surface area contributed by atoms with Crippen molar-refractivity contribution in [2.75, 3.05) is 13.1 Å². The second-order valence-electron chi connectivity index (χ2n) is 4.83. The standard InChI is InChI=1S/C16H27N.ClH/c1-4-6-13-17(14-7-5-2)15(3)16-11-9-8-10-12-16;/h8-12,15H,4-7,13-14H2,1-3H3;1H/t15-;/m1./s1. The van der Waals surface area contributed by atoms with Crippen molar-refractivity contribution in [3.8, 4) is 0 Å². The zero-order chi connectivity index (χ0) is 12.5. The molecule has 2 heteroatoms. The maximum absolute atomic E-state index is 2.63. The molecule has 1 atom stereocenters. The maximum Gasteiger partial charge on any atom is 0.0319 e. The molecule has 0 aromatic heterocycles. The number of benzene rings is 1. The van der Waals surface area contributed by atoms with E-state index in [0.29, 0.717) is 6.04 Å². The SMILES string of the molecule is CCCCN(CCCC)[C@H](C)c1ccccc1.Cl. The molecule has 0 saturated carbocycles. The second kappa shape index (κ2) is 10.4. The fraction of sp³-hybridized carbons (Fsp3) is 0.625. The van der Waals surface area contributed by atoms with Crippen LogP contribution >= 0.6 is 12.4 Å². The Morgan fingerprint density at radius 2 is 1.44 bits per heavy atom. The first-order chi connectivity index (χ1) is 8.29. The van der Waals surface area contributed by atoms with Gasteiger partial charge in [0.05, 0.1) is 0 Å². The highest BCUT2D eigenvalue weighted by atomic mass is 35.5. The van der Waals surface area contributed by atoms with Crippen LogP contribution in [-0.2, 0) is 0 Å². The Balaban J connectivity index is 0.00000289. The average Bonchev–Trinajstić information content (AvgIpc) is 2.39. The predicted octanol–water partition coefficient (Wildman–Crippen LogP) is 5.07. The van der Waals surface area contributed by atoms with Crippen LogP contribution in [0.5, 0.6) is 0 Å². The van der Waals surface area contributed by atoms with Crippen molar-refractivity contribution in [2.24, 2.45) is 0 Å². The molecular formula is C16H28ClN. The largest absolute Gasteiger partial charge is 0.297 e. The second-order valence-corrected chi connectivity index (χ2v) is 4.83. The smallest absolute Gasteiger partial charge is 0.0319 e. The van der Waals surface area contributed by atoms with Gasteiger partial charge in [-0.15, -0.1) is 12.4 Å². The summed E-state index contributed by atoms with van der Waals surface area (Å²) >= 11 is 0. The Morgan fingerprint density at radius 3 is 1.89 bits per heavy atom. The van der Waals surface area contributed by atoms with Gasteiger partial charge in [-0.2, -0.15) is 0 Å². The Hall–Kier alpha value is -0.530.